The first kappa shape index (κ1) is 17.9. The topological polar surface area (TPSA) is 143 Å². The average molecular weight is 375 g/mol. The van der Waals surface area contributed by atoms with Gasteiger partial charge in [-0.2, -0.15) is 0 Å². The third kappa shape index (κ3) is 3.04. The number of ether oxygens (including phenoxy) is 1. The number of fused-ring (bicyclic) bond motifs is 1. The number of rotatable bonds is 5. The van der Waals surface area contributed by atoms with Gasteiger partial charge >= 0.3 is 0 Å². The van der Waals surface area contributed by atoms with Gasteiger partial charge in [0.2, 0.25) is 5.91 Å². The quantitative estimate of drug-likeness (QED) is 0.386. The van der Waals surface area contributed by atoms with E-state index >= 15 is 0 Å². The van der Waals surface area contributed by atoms with E-state index in [4.69, 9.17) is 16.5 Å². The first-order valence-corrected chi connectivity index (χ1v) is 8.07. The van der Waals surface area contributed by atoms with Crippen LogP contribution in [-0.4, -0.2) is 69.0 Å². The molecule has 0 aliphatic carbocycles. The van der Waals surface area contributed by atoms with E-state index in [1.165, 1.54) is 11.3 Å². The number of hydrazine groups is 1. The third-order valence-electron chi connectivity index (χ3n) is 4.13. The monoisotopic (exact) mass is 374 g/mol. The molecule has 1 amide bonds. The standard InChI is InChI=1S/C13H19ClN6O5/c1-2-7(22)18-20-5-19(12-8(20)11(17-14)15-4-16-12)13-10(24)9(23)6(3-21)25-13/h4,6,9-10,13,21,23-24H,2-3,5H2,1H3,(H,18,22)(H,15,16,17)/t6-,9?,10?,13-/m1/s1. The molecule has 2 aliphatic heterocycles. The maximum absolute atomic E-state index is 11.8. The average Bonchev–Trinajstić information content (AvgIpc) is 3.13. The van der Waals surface area contributed by atoms with Crippen LogP contribution in [0.1, 0.15) is 13.3 Å². The Labute approximate surface area is 148 Å². The van der Waals surface area contributed by atoms with E-state index < -0.39 is 31.1 Å². The lowest BCUT2D eigenvalue weighted by atomic mass is 10.1. The predicted molar refractivity (Wildman–Crippen MR) is 87.5 cm³/mol. The van der Waals surface area contributed by atoms with Crippen LogP contribution >= 0.6 is 11.8 Å². The van der Waals surface area contributed by atoms with Crippen LogP contribution in [0.5, 0.6) is 0 Å². The number of aliphatic hydroxyl groups excluding tert-OH is 3. The van der Waals surface area contributed by atoms with Gasteiger partial charge in [0.1, 0.15) is 37.0 Å². The molecule has 1 fully saturated rings. The Hall–Kier alpha value is -1.92. The molecule has 0 bridgehead atoms. The van der Waals surface area contributed by atoms with E-state index in [1.807, 2.05) is 0 Å². The normalized spacial score (nSPS) is 28.2. The maximum Gasteiger partial charge on any atom is 0.238 e. The molecule has 1 aromatic heterocycles. The zero-order valence-electron chi connectivity index (χ0n) is 13.3. The summed E-state index contributed by atoms with van der Waals surface area (Å²) < 4.78 is 5.55. The fraction of sp³-hybridized carbons (Fsp3) is 0.615. The molecule has 4 atom stereocenters. The van der Waals surface area contributed by atoms with Gasteiger partial charge in [-0.3, -0.25) is 20.1 Å². The summed E-state index contributed by atoms with van der Waals surface area (Å²) in [6.07, 6.45) is -2.87. The predicted octanol–water partition coefficient (Wildman–Crippen LogP) is -1.49. The molecule has 5 N–H and O–H groups in total. The van der Waals surface area contributed by atoms with Crippen LogP contribution in [0.3, 0.4) is 0 Å². The molecular weight excluding hydrogens is 356 g/mol. The summed E-state index contributed by atoms with van der Waals surface area (Å²) in [5, 5.41) is 31.0. The summed E-state index contributed by atoms with van der Waals surface area (Å²) in [6.45, 7) is 1.35. The molecule has 25 heavy (non-hydrogen) atoms. The fourth-order valence-electron chi connectivity index (χ4n) is 2.85. The van der Waals surface area contributed by atoms with Crippen LogP contribution in [0, 0.1) is 0 Å². The maximum atomic E-state index is 11.8. The Balaban J connectivity index is 1.94. The van der Waals surface area contributed by atoms with Crippen LogP contribution in [-0.2, 0) is 9.53 Å². The summed E-state index contributed by atoms with van der Waals surface area (Å²) in [7, 11) is 0. The fourth-order valence-corrected chi connectivity index (χ4v) is 2.99. The number of anilines is 3. The Morgan fingerprint density at radius 1 is 1.44 bits per heavy atom. The smallest absolute Gasteiger partial charge is 0.238 e. The van der Waals surface area contributed by atoms with E-state index in [-0.39, 0.29) is 24.8 Å². The van der Waals surface area contributed by atoms with Gasteiger partial charge in [0, 0.05) is 18.2 Å². The minimum absolute atomic E-state index is 0.0813. The van der Waals surface area contributed by atoms with Crippen LogP contribution < -0.4 is 20.2 Å². The molecule has 0 saturated carbocycles. The second-order valence-electron chi connectivity index (χ2n) is 5.65. The van der Waals surface area contributed by atoms with Gasteiger partial charge in [-0.05, 0) is 0 Å². The second kappa shape index (κ2) is 7.14. The minimum Gasteiger partial charge on any atom is -0.394 e. The van der Waals surface area contributed by atoms with E-state index in [2.05, 4.69) is 20.2 Å². The van der Waals surface area contributed by atoms with Gasteiger partial charge in [-0.25, -0.2) is 9.97 Å². The number of amides is 1. The highest BCUT2D eigenvalue weighted by Gasteiger charge is 2.48. The van der Waals surface area contributed by atoms with Crippen molar-refractivity contribution >= 4 is 35.0 Å². The molecule has 0 radical (unpaired) electrons. The third-order valence-corrected chi connectivity index (χ3v) is 4.31. The van der Waals surface area contributed by atoms with E-state index in [0.29, 0.717) is 11.5 Å². The highest BCUT2D eigenvalue weighted by Crippen LogP contribution is 2.41. The number of nitrogens with zero attached hydrogens (tertiary/aromatic N) is 4. The van der Waals surface area contributed by atoms with Crippen LogP contribution in [0.15, 0.2) is 6.33 Å². The molecule has 11 nitrogen and oxygen atoms in total. The summed E-state index contributed by atoms with van der Waals surface area (Å²) in [5.41, 5.74) is 3.09. The number of carbonyl (C=O) groups is 1. The molecule has 12 heteroatoms. The van der Waals surface area contributed by atoms with E-state index in [0.717, 1.165) is 0 Å². The minimum atomic E-state index is -1.27. The van der Waals surface area contributed by atoms with Crippen LogP contribution in [0.25, 0.3) is 0 Å². The zero-order valence-corrected chi connectivity index (χ0v) is 14.1. The zero-order chi connectivity index (χ0) is 18.1. The molecule has 138 valence electrons. The summed E-state index contributed by atoms with van der Waals surface area (Å²) in [5.74, 6) is 0.375. The first-order chi connectivity index (χ1) is 12.0. The lowest BCUT2D eigenvalue weighted by Crippen LogP contribution is -2.50. The molecule has 1 aromatic rings. The lowest BCUT2D eigenvalue weighted by Gasteiger charge is -2.28. The van der Waals surface area contributed by atoms with Crippen molar-refractivity contribution in [1.82, 2.24) is 15.4 Å². The van der Waals surface area contributed by atoms with Gasteiger partial charge in [0.05, 0.1) is 6.61 Å². The molecule has 0 aromatic carbocycles. The number of hydrogen-bond donors (Lipinski definition) is 5. The van der Waals surface area contributed by atoms with Gasteiger partial charge < -0.3 is 25.0 Å². The molecule has 0 spiro atoms. The summed E-state index contributed by atoms with van der Waals surface area (Å²) >= 11 is 5.70. The highest BCUT2D eigenvalue weighted by atomic mass is 35.5. The van der Waals surface area contributed by atoms with Gasteiger partial charge in [-0.15, -0.1) is 0 Å². The number of aromatic nitrogens is 2. The van der Waals surface area contributed by atoms with Crippen LogP contribution in [0.2, 0.25) is 0 Å². The van der Waals surface area contributed by atoms with Crippen molar-refractivity contribution in [2.45, 2.75) is 37.9 Å². The van der Waals surface area contributed by atoms with E-state index in [1.54, 1.807) is 11.8 Å². The van der Waals surface area contributed by atoms with E-state index in [9.17, 15) is 20.1 Å². The van der Waals surface area contributed by atoms with Crippen molar-refractivity contribution in [2.75, 3.05) is 28.0 Å². The highest BCUT2D eigenvalue weighted by molar-refractivity contribution is 6.24. The second-order valence-corrected chi connectivity index (χ2v) is 5.83. The molecule has 1 saturated heterocycles. The summed E-state index contributed by atoms with van der Waals surface area (Å²) in [6, 6.07) is 0. The number of carbonyl (C=O) groups excluding carboxylic acids is 1. The largest absolute Gasteiger partial charge is 0.394 e. The van der Waals surface area contributed by atoms with Gasteiger partial charge in [0.25, 0.3) is 0 Å². The SMILES string of the molecule is CCC(=O)NN1CN([C@@H]2O[C@H](CO)C(O)C2O)c2ncnc(NCl)c21. The molecule has 2 unspecified atom stereocenters. The van der Waals surface area contributed by atoms with Crippen molar-refractivity contribution in [2.24, 2.45) is 0 Å². The Kier molecular flexibility index (Phi) is 5.11. The van der Waals surface area contributed by atoms with Gasteiger partial charge in [0.15, 0.2) is 17.9 Å². The first-order valence-electron chi connectivity index (χ1n) is 7.69. The van der Waals surface area contributed by atoms with Crippen LogP contribution in [0.4, 0.5) is 17.3 Å². The van der Waals surface area contributed by atoms with Crippen molar-refractivity contribution in [3.8, 4) is 0 Å². The van der Waals surface area contributed by atoms with Crippen molar-refractivity contribution in [1.29, 1.82) is 0 Å². The number of aliphatic hydroxyl groups is 3. The Bertz CT molecular complexity index is 651. The molecular formula is C13H19ClN6O5. The molecule has 2 aliphatic rings. The lowest BCUT2D eigenvalue weighted by molar-refractivity contribution is -0.120. The number of nitrogens with one attached hydrogen (secondary N) is 2. The number of hydrogen-bond acceptors (Lipinski definition) is 10. The number of halogens is 1. The Morgan fingerprint density at radius 3 is 2.80 bits per heavy atom. The Morgan fingerprint density at radius 2 is 2.20 bits per heavy atom. The van der Waals surface area contributed by atoms with Crippen molar-refractivity contribution in [3.05, 3.63) is 6.33 Å². The molecule has 3 rings (SSSR count). The summed E-state index contributed by atoms with van der Waals surface area (Å²) in [4.78, 5) is 23.9. The van der Waals surface area contributed by atoms with Crippen molar-refractivity contribution in [3.63, 3.8) is 0 Å². The van der Waals surface area contributed by atoms with Crippen molar-refractivity contribution < 1.29 is 24.9 Å². The molecule has 3 heterocycles. The van der Waals surface area contributed by atoms with Gasteiger partial charge in [-0.1, -0.05) is 6.92 Å².